The Morgan fingerprint density at radius 1 is 1.07 bits per heavy atom. The van der Waals surface area contributed by atoms with Crippen LogP contribution in [0.15, 0.2) is 36.7 Å². The molecule has 9 heteroatoms. The molecule has 2 N–H and O–H groups in total. The van der Waals surface area contributed by atoms with E-state index in [0.717, 1.165) is 37.3 Å². The zero-order valence-corrected chi connectivity index (χ0v) is 16.8. The van der Waals surface area contributed by atoms with Crippen molar-refractivity contribution in [2.45, 2.75) is 0 Å². The van der Waals surface area contributed by atoms with Crippen LogP contribution in [0.25, 0.3) is 21.8 Å². The number of hydrogen-bond acceptors (Lipinski definition) is 5. The number of halogens is 1. The number of hydrogen-bond donors (Lipinski definition) is 2. The molecule has 0 bridgehead atoms. The van der Waals surface area contributed by atoms with Gasteiger partial charge in [0.25, 0.3) is 5.91 Å². The number of aryl methyl sites for hydroxylation is 2. The maximum Gasteiger partial charge on any atom is 0.257 e. The maximum absolute atomic E-state index is 14.4. The summed E-state index contributed by atoms with van der Waals surface area (Å²) >= 11 is 0. The third-order valence-electron chi connectivity index (χ3n) is 5.40. The first-order valence-corrected chi connectivity index (χ1v) is 9.86. The van der Waals surface area contributed by atoms with E-state index in [1.807, 2.05) is 19.3 Å². The minimum atomic E-state index is -0.472. The average molecular weight is 407 g/mol. The molecular formula is C21H22FN7O. The Bertz CT molecular complexity index is 1270. The minimum absolute atomic E-state index is 0.281. The van der Waals surface area contributed by atoms with Crippen LogP contribution in [0, 0.1) is 5.82 Å². The SMILES string of the molecule is Cn1cc2cc(NC(=O)c3ccc(N4CCNCC4)c4cn(C)nc34)cc(F)c2n1. The molecule has 30 heavy (non-hydrogen) atoms. The van der Waals surface area contributed by atoms with Gasteiger partial charge in [0.2, 0.25) is 0 Å². The molecule has 0 unspecified atom stereocenters. The second-order valence-electron chi connectivity index (χ2n) is 7.59. The van der Waals surface area contributed by atoms with Crippen molar-refractivity contribution in [3.63, 3.8) is 0 Å². The molecule has 1 saturated heterocycles. The van der Waals surface area contributed by atoms with Crippen molar-refractivity contribution in [3.8, 4) is 0 Å². The predicted molar refractivity (Wildman–Crippen MR) is 114 cm³/mol. The molecule has 0 radical (unpaired) electrons. The summed E-state index contributed by atoms with van der Waals surface area (Å²) in [6, 6.07) is 6.77. The molecule has 2 aromatic carbocycles. The van der Waals surface area contributed by atoms with E-state index in [-0.39, 0.29) is 11.4 Å². The molecule has 1 fully saturated rings. The fourth-order valence-electron chi connectivity index (χ4n) is 4.05. The van der Waals surface area contributed by atoms with E-state index in [0.29, 0.717) is 22.2 Å². The molecule has 0 atom stereocenters. The van der Waals surface area contributed by atoms with E-state index >= 15 is 0 Å². The van der Waals surface area contributed by atoms with Gasteiger partial charge in [0, 0.05) is 74.8 Å². The number of amides is 1. The number of carbonyl (C=O) groups is 1. The Hall–Kier alpha value is -3.46. The number of nitrogens with one attached hydrogen (secondary N) is 2. The molecule has 1 aliphatic rings. The highest BCUT2D eigenvalue weighted by Crippen LogP contribution is 2.30. The number of carbonyl (C=O) groups excluding carboxylic acids is 1. The van der Waals surface area contributed by atoms with Crippen molar-refractivity contribution in [3.05, 3.63) is 48.0 Å². The number of anilines is 2. The highest BCUT2D eigenvalue weighted by Gasteiger charge is 2.20. The van der Waals surface area contributed by atoms with Gasteiger partial charge in [-0.05, 0) is 24.3 Å². The van der Waals surface area contributed by atoms with E-state index in [4.69, 9.17) is 0 Å². The van der Waals surface area contributed by atoms with Crippen molar-refractivity contribution < 1.29 is 9.18 Å². The van der Waals surface area contributed by atoms with Gasteiger partial charge in [-0.3, -0.25) is 14.2 Å². The first-order chi connectivity index (χ1) is 14.5. The van der Waals surface area contributed by atoms with Crippen LogP contribution in [-0.2, 0) is 14.1 Å². The third kappa shape index (κ3) is 3.17. The van der Waals surface area contributed by atoms with Crippen LogP contribution >= 0.6 is 0 Å². The van der Waals surface area contributed by atoms with Gasteiger partial charge >= 0.3 is 0 Å². The lowest BCUT2D eigenvalue weighted by Gasteiger charge is -2.30. The average Bonchev–Trinajstić information content (AvgIpc) is 3.29. The van der Waals surface area contributed by atoms with Gasteiger partial charge in [0.15, 0.2) is 5.82 Å². The third-order valence-corrected chi connectivity index (χ3v) is 5.40. The van der Waals surface area contributed by atoms with Crippen LogP contribution in [-0.4, -0.2) is 51.6 Å². The van der Waals surface area contributed by atoms with E-state index in [2.05, 4.69) is 25.7 Å². The number of benzene rings is 2. The van der Waals surface area contributed by atoms with E-state index < -0.39 is 5.82 Å². The fraction of sp³-hybridized carbons (Fsp3) is 0.286. The summed E-state index contributed by atoms with van der Waals surface area (Å²) in [4.78, 5) is 15.3. The summed E-state index contributed by atoms with van der Waals surface area (Å²) in [5.74, 6) is -0.798. The largest absolute Gasteiger partial charge is 0.368 e. The summed E-state index contributed by atoms with van der Waals surface area (Å²) in [5.41, 5.74) is 2.82. The highest BCUT2D eigenvalue weighted by atomic mass is 19.1. The molecular weight excluding hydrogens is 385 g/mol. The van der Waals surface area contributed by atoms with Gasteiger partial charge in [-0.1, -0.05) is 0 Å². The van der Waals surface area contributed by atoms with E-state index in [9.17, 15) is 9.18 Å². The normalized spacial score (nSPS) is 14.6. The number of nitrogens with zero attached hydrogens (tertiary/aromatic N) is 5. The van der Waals surface area contributed by atoms with Crippen molar-refractivity contribution in [1.82, 2.24) is 24.9 Å². The van der Waals surface area contributed by atoms with Crippen molar-refractivity contribution >= 4 is 39.1 Å². The monoisotopic (exact) mass is 407 g/mol. The van der Waals surface area contributed by atoms with Gasteiger partial charge in [-0.15, -0.1) is 0 Å². The van der Waals surface area contributed by atoms with Crippen LogP contribution in [0.5, 0.6) is 0 Å². The van der Waals surface area contributed by atoms with Crippen LogP contribution in [0.2, 0.25) is 0 Å². The number of piperazine rings is 1. The Kier molecular flexibility index (Phi) is 4.39. The molecule has 0 aliphatic carbocycles. The van der Waals surface area contributed by atoms with Gasteiger partial charge < -0.3 is 15.5 Å². The molecule has 0 saturated carbocycles. The lowest BCUT2D eigenvalue weighted by molar-refractivity contribution is 0.102. The topological polar surface area (TPSA) is 80.0 Å². The summed E-state index contributed by atoms with van der Waals surface area (Å²) in [7, 11) is 3.57. The van der Waals surface area contributed by atoms with E-state index in [1.165, 1.54) is 6.07 Å². The van der Waals surface area contributed by atoms with Crippen molar-refractivity contribution in [1.29, 1.82) is 0 Å². The molecule has 5 rings (SSSR count). The quantitative estimate of drug-likeness (QED) is 0.545. The molecule has 0 spiro atoms. The standard InChI is InChI=1S/C21H22FN7O/c1-27-11-13-9-14(10-17(22)19(13)25-27)24-21(30)15-3-4-18(29-7-5-23-6-8-29)16-12-28(2)26-20(15)16/h3-4,9-12,23H,5-8H2,1-2H3,(H,24,30). The van der Waals surface area contributed by atoms with Crippen molar-refractivity contribution in [2.24, 2.45) is 14.1 Å². The second kappa shape index (κ2) is 7.10. The van der Waals surface area contributed by atoms with Crippen LogP contribution in [0.3, 0.4) is 0 Å². The molecule has 1 amide bonds. The Balaban J connectivity index is 1.51. The lowest BCUT2D eigenvalue weighted by Crippen LogP contribution is -2.43. The minimum Gasteiger partial charge on any atom is -0.368 e. The molecule has 8 nitrogen and oxygen atoms in total. The maximum atomic E-state index is 14.4. The van der Waals surface area contributed by atoms with Gasteiger partial charge in [-0.2, -0.15) is 10.2 Å². The molecule has 4 aromatic rings. The van der Waals surface area contributed by atoms with Gasteiger partial charge in [0.05, 0.1) is 5.56 Å². The molecule has 3 heterocycles. The Morgan fingerprint density at radius 2 is 1.80 bits per heavy atom. The van der Waals surface area contributed by atoms with Crippen LogP contribution in [0.4, 0.5) is 15.8 Å². The van der Waals surface area contributed by atoms with Crippen molar-refractivity contribution in [2.75, 3.05) is 36.4 Å². The smallest absolute Gasteiger partial charge is 0.257 e. The Morgan fingerprint density at radius 3 is 2.60 bits per heavy atom. The molecule has 154 valence electrons. The van der Waals surface area contributed by atoms with Crippen LogP contribution < -0.4 is 15.5 Å². The summed E-state index contributed by atoms with van der Waals surface area (Å²) in [5, 5.41) is 16.3. The molecule has 1 aliphatic heterocycles. The van der Waals surface area contributed by atoms with Gasteiger partial charge in [0.1, 0.15) is 11.0 Å². The number of aromatic nitrogens is 4. The van der Waals surface area contributed by atoms with E-state index in [1.54, 1.807) is 34.7 Å². The first kappa shape index (κ1) is 18.6. The summed E-state index contributed by atoms with van der Waals surface area (Å²) in [6.07, 6.45) is 3.65. The molecule has 2 aromatic heterocycles. The zero-order chi connectivity index (χ0) is 20.8. The Labute approximate surface area is 172 Å². The summed E-state index contributed by atoms with van der Waals surface area (Å²) in [6.45, 7) is 3.65. The van der Waals surface area contributed by atoms with Gasteiger partial charge in [-0.25, -0.2) is 4.39 Å². The fourth-order valence-corrected chi connectivity index (χ4v) is 4.05. The van der Waals surface area contributed by atoms with Crippen LogP contribution in [0.1, 0.15) is 10.4 Å². The number of fused-ring (bicyclic) bond motifs is 2. The lowest BCUT2D eigenvalue weighted by atomic mass is 10.1. The highest BCUT2D eigenvalue weighted by molar-refractivity contribution is 6.14. The first-order valence-electron chi connectivity index (χ1n) is 9.86. The predicted octanol–water partition coefficient (Wildman–Crippen LogP) is 2.26. The zero-order valence-electron chi connectivity index (χ0n) is 16.8. The second-order valence-corrected chi connectivity index (χ2v) is 7.59. The summed E-state index contributed by atoms with van der Waals surface area (Å²) < 4.78 is 17.6. The number of rotatable bonds is 3.